The largest absolute Gasteiger partial charge is 0.496 e. The molecule has 0 aliphatic rings. The molecule has 0 radical (unpaired) electrons. The zero-order valence-corrected chi connectivity index (χ0v) is 14.1. The third kappa shape index (κ3) is 5.50. The highest BCUT2D eigenvalue weighted by Gasteiger charge is 2.12. The topological polar surface area (TPSA) is 85.9 Å². The molecule has 0 fully saturated rings. The standard InChI is InChI=1S/C18H20N2O5/c1-23-10-11-25-18(22)20-14-7-5-6-13(12-14)19-17(21)15-8-3-4-9-16(15)24-2/h3-9,12H,10-11H2,1-2H3,(H,19,21)(H,20,22). The molecule has 2 aromatic rings. The first-order valence-corrected chi connectivity index (χ1v) is 7.61. The Morgan fingerprint density at radius 2 is 1.64 bits per heavy atom. The SMILES string of the molecule is COCCOC(=O)Nc1cccc(NC(=O)c2ccccc2OC)c1. The first-order chi connectivity index (χ1) is 12.1. The molecule has 132 valence electrons. The summed E-state index contributed by atoms with van der Waals surface area (Å²) in [5.41, 5.74) is 1.45. The van der Waals surface area contributed by atoms with Crippen LogP contribution in [-0.2, 0) is 9.47 Å². The summed E-state index contributed by atoms with van der Waals surface area (Å²) in [6, 6.07) is 13.7. The Bertz CT molecular complexity index is 733. The summed E-state index contributed by atoms with van der Waals surface area (Å²) in [5, 5.41) is 5.35. The summed E-state index contributed by atoms with van der Waals surface area (Å²) in [6.07, 6.45) is -0.592. The zero-order valence-electron chi connectivity index (χ0n) is 14.1. The van der Waals surface area contributed by atoms with Gasteiger partial charge in [-0.15, -0.1) is 0 Å². The number of para-hydroxylation sites is 1. The Kier molecular flexibility index (Phi) is 6.79. The lowest BCUT2D eigenvalue weighted by atomic mass is 10.2. The van der Waals surface area contributed by atoms with E-state index in [9.17, 15) is 9.59 Å². The summed E-state index contributed by atoms with van der Waals surface area (Å²) in [6.45, 7) is 0.481. The fourth-order valence-electron chi connectivity index (χ4n) is 2.08. The molecule has 2 aromatic carbocycles. The second kappa shape index (κ2) is 9.29. The van der Waals surface area contributed by atoms with Crippen molar-refractivity contribution in [1.29, 1.82) is 0 Å². The molecule has 0 spiro atoms. The molecule has 2 amide bonds. The van der Waals surface area contributed by atoms with Gasteiger partial charge in [0.15, 0.2) is 0 Å². The minimum atomic E-state index is -0.592. The Hall–Kier alpha value is -3.06. The van der Waals surface area contributed by atoms with Crippen molar-refractivity contribution < 1.29 is 23.8 Å². The molecule has 7 nitrogen and oxygen atoms in total. The lowest BCUT2D eigenvalue weighted by Gasteiger charge is -2.11. The summed E-state index contributed by atoms with van der Waals surface area (Å²) in [7, 11) is 3.03. The molecule has 25 heavy (non-hydrogen) atoms. The maximum Gasteiger partial charge on any atom is 0.411 e. The van der Waals surface area contributed by atoms with Crippen LogP contribution in [0.3, 0.4) is 0 Å². The number of ether oxygens (including phenoxy) is 3. The molecule has 0 aliphatic carbocycles. The number of amides is 2. The van der Waals surface area contributed by atoms with Crippen LogP contribution in [0.5, 0.6) is 5.75 Å². The van der Waals surface area contributed by atoms with Crippen LogP contribution in [0.25, 0.3) is 0 Å². The second-order valence-electron chi connectivity index (χ2n) is 4.99. The van der Waals surface area contributed by atoms with E-state index in [1.807, 2.05) is 0 Å². The molecule has 2 N–H and O–H groups in total. The predicted molar refractivity (Wildman–Crippen MR) is 94.2 cm³/mol. The average Bonchev–Trinajstić information content (AvgIpc) is 2.62. The zero-order chi connectivity index (χ0) is 18.1. The van der Waals surface area contributed by atoms with Crippen molar-refractivity contribution in [2.45, 2.75) is 0 Å². The highest BCUT2D eigenvalue weighted by Crippen LogP contribution is 2.20. The number of benzene rings is 2. The normalized spacial score (nSPS) is 10.0. The fraction of sp³-hybridized carbons (Fsp3) is 0.222. The molecular formula is C18H20N2O5. The number of methoxy groups -OCH3 is 2. The van der Waals surface area contributed by atoms with E-state index < -0.39 is 6.09 Å². The number of hydrogen-bond donors (Lipinski definition) is 2. The lowest BCUT2D eigenvalue weighted by Crippen LogP contribution is -2.17. The van der Waals surface area contributed by atoms with Gasteiger partial charge in [0, 0.05) is 18.5 Å². The number of carbonyl (C=O) groups is 2. The van der Waals surface area contributed by atoms with Gasteiger partial charge < -0.3 is 19.5 Å². The molecule has 0 heterocycles. The lowest BCUT2D eigenvalue weighted by molar-refractivity contribution is 0.102. The van der Waals surface area contributed by atoms with E-state index in [1.54, 1.807) is 48.5 Å². The predicted octanol–water partition coefficient (Wildman–Crippen LogP) is 3.14. The Morgan fingerprint density at radius 1 is 0.920 bits per heavy atom. The summed E-state index contributed by atoms with van der Waals surface area (Å²) < 4.78 is 14.9. The number of nitrogens with one attached hydrogen (secondary N) is 2. The highest BCUT2D eigenvalue weighted by atomic mass is 16.6. The second-order valence-corrected chi connectivity index (χ2v) is 4.99. The summed E-state index contributed by atoms with van der Waals surface area (Å²) in [5.74, 6) is 0.174. The van der Waals surface area contributed by atoms with E-state index in [1.165, 1.54) is 14.2 Å². The van der Waals surface area contributed by atoms with Crippen LogP contribution in [0.1, 0.15) is 10.4 Å². The molecule has 0 saturated carbocycles. The van der Waals surface area contributed by atoms with E-state index >= 15 is 0 Å². The van der Waals surface area contributed by atoms with Gasteiger partial charge in [-0.3, -0.25) is 10.1 Å². The molecule has 0 atom stereocenters. The molecule has 0 saturated heterocycles. The van der Waals surface area contributed by atoms with Crippen LogP contribution in [0, 0.1) is 0 Å². The number of anilines is 2. The molecule has 0 aliphatic heterocycles. The third-order valence-electron chi connectivity index (χ3n) is 3.24. The first kappa shape index (κ1) is 18.3. The number of carbonyl (C=O) groups excluding carboxylic acids is 2. The first-order valence-electron chi connectivity index (χ1n) is 7.61. The van der Waals surface area contributed by atoms with Crippen molar-refractivity contribution in [3.63, 3.8) is 0 Å². The van der Waals surface area contributed by atoms with Crippen LogP contribution in [-0.4, -0.2) is 39.4 Å². The Labute approximate surface area is 145 Å². The number of rotatable bonds is 7. The van der Waals surface area contributed by atoms with Gasteiger partial charge in [0.25, 0.3) is 5.91 Å². The molecule has 0 aromatic heterocycles. The van der Waals surface area contributed by atoms with Crippen LogP contribution < -0.4 is 15.4 Å². The van der Waals surface area contributed by atoms with Gasteiger partial charge in [-0.25, -0.2) is 4.79 Å². The minimum absolute atomic E-state index is 0.159. The average molecular weight is 344 g/mol. The van der Waals surface area contributed by atoms with Gasteiger partial charge >= 0.3 is 6.09 Å². The Morgan fingerprint density at radius 3 is 2.36 bits per heavy atom. The van der Waals surface area contributed by atoms with Gasteiger partial charge in [0.05, 0.1) is 19.3 Å². The molecular weight excluding hydrogens is 324 g/mol. The van der Waals surface area contributed by atoms with Crippen molar-refractivity contribution in [3.8, 4) is 5.75 Å². The number of hydrogen-bond acceptors (Lipinski definition) is 5. The van der Waals surface area contributed by atoms with E-state index in [0.29, 0.717) is 29.3 Å². The molecule has 7 heteroatoms. The van der Waals surface area contributed by atoms with Gasteiger partial charge in [0.1, 0.15) is 12.4 Å². The molecule has 0 bridgehead atoms. The van der Waals surface area contributed by atoms with E-state index in [2.05, 4.69) is 10.6 Å². The molecule has 2 rings (SSSR count). The van der Waals surface area contributed by atoms with Gasteiger partial charge in [-0.2, -0.15) is 0 Å². The van der Waals surface area contributed by atoms with Crippen molar-refractivity contribution >= 4 is 23.4 Å². The maximum atomic E-state index is 12.4. The smallest absolute Gasteiger partial charge is 0.411 e. The van der Waals surface area contributed by atoms with Crippen molar-refractivity contribution in [1.82, 2.24) is 0 Å². The van der Waals surface area contributed by atoms with Crippen LogP contribution in [0.2, 0.25) is 0 Å². The van der Waals surface area contributed by atoms with Gasteiger partial charge in [-0.1, -0.05) is 18.2 Å². The minimum Gasteiger partial charge on any atom is -0.496 e. The quantitative estimate of drug-likeness (QED) is 0.754. The summed E-state index contributed by atoms with van der Waals surface area (Å²) >= 11 is 0. The van der Waals surface area contributed by atoms with Crippen molar-refractivity contribution in [2.24, 2.45) is 0 Å². The van der Waals surface area contributed by atoms with Crippen LogP contribution in [0.4, 0.5) is 16.2 Å². The van der Waals surface area contributed by atoms with Crippen LogP contribution in [0.15, 0.2) is 48.5 Å². The van der Waals surface area contributed by atoms with Crippen molar-refractivity contribution in [2.75, 3.05) is 38.1 Å². The van der Waals surface area contributed by atoms with E-state index in [0.717, 1.165) is 0 Å². The monoisotopic (exact) mass is 344 g/mol. The van der Waals surface area contributed by atoms with Gasteiger partial charge in [0.2, 0.25) is 0 Å². The summed E-state index contributed by atoms with van der Waals surface area (Å²) in [4.78, 5) is 24.0. The molecule has 0 unspecified atom stereocenters. The van der Waals surface area contributed by atoms with E-state index in [4.69, 9.17) is 14.2 Å². The fourth-order valence-corrected chi connectivity index (χ4v) is 2.08. The maximum absolute atomic E-state index is 12.4. The third-order valence-corrected chi connectivity index (χ3v) is 3.24. The van der Waals surface area contributed by atoms with Crippen molar-refractivity contribution in [3.05, 3.63) is 54.1 Å². The van der Waals surface area contributed by atoms with Gasteiger partial charge in [-0.05, 0) is 30.3 Å². The highest BCUT2D eigenvalue weighted by molar-refractivity contribution is 6.06. The Balaban J connectivity index is 2.01. The van der Waals surface area contributed by atoms with Crippen LogP contribution >= 0.6 is 0 Å². The van der Waals surface area contributed by atoms with E-state index in [-0.39, 0.29) is 12.5 Å².